The number of hydrogen-bond donors (Lipinski definition) is 0. The van der Waals surface area contributed by atoms with Gasteiger partial charge >= 0.3 is 0 Å². The van der Waals surface area contributed by atoms with Crippen LogP contribution in [0.1, 0.15) is 36.9 Å². The molecule has 1 atom stereocenters. The molecule has 0 saturated carbocycles. The van der Waals surface area contributed by atoms with Crippen LogP contribution in [-0.4, -0.2) is 16.2 Å². The molecule has 20 heavy (non-hydrogen) atoms. The van der Waals surface area contributed by atoms with Crippen molar-refractivity contribution in [3.63, 3.8) is 0 Å². The molecular formula is C15H16FN3O. The van der Waals surface area contributed by atoms with Crippen molar-refractivity contribution in [2.75, 3.05) is 6.61 Å². The Hall–Kier alpha value is -2.19. The van der Waals surface area contributed by atoms with Crippen LogP contribution >= 0.6 is 0 Å². The molecule has 1 aromatic heterocycles. The summed E-state index contributed by atoms with van der Waals surface area (Å²) in [6, 6.07) is 6.24. The van der Waals surface area contributed by atoms with Crippen LogP contribution < -0.4 is 0 Å². The first-order valence-corrected chi connectivity index (χ1v) is 6.46. The zero-order valence-electron chi connectivity index (χ0n) is 11.5. The van der Waals surface area contributed by atoms with Crippen molar-refractivity contribution in [2.45, 2.75) is 26.5 Å². The third-order valence-corrected chi connectivity index (χ3v) is 3.06. The quantitative estimate of drug-likeness (QED) is 0.841. The Labute approximate surface area is 117 Å². The fourth-order valence-corrected chi connectivity index (χ4v) is 2.12. The molecule has 0 N–H and O–H groups in total. The smallest absolute Gasteiger partial charge is 0.137 e. The number of imidazole rings is 1. The van der Waals surface area contributed by atoms with Crippen molar-refractivity contribution < 1.29 is 9.13 Å². The normalized spacial score (nSPS) is 12.1. The summed E-state index contributed by atoms with van der Waals surface area (Å²) in [7, 11) is 0. The molecule has 0 fully saturated rings. The van der Waals surface area contributed by atoms with Gasteiger partial charge in [0, 0.05) is 19.0 Å². The van der Waals surface area contributed by atoms with Crippen molar-refractivity contribution in [3.05, 3.63) is 53.4 Å². The summed E-state index contributed by atoms with van der Waals surface area (Å²) in [5.74, 6) is 0.415. The van der Waals surface area contributed by atoms with Crippen LogP contribution in [0.4, 0.5) is 4.39 Å². The highest BCUT2D eigenvalue weighted by Gasteiger charge is 2.13. The average molecular weight is 273 g/mol. The molecule has 0 aliphatic heterocycles. The Bertz CT molecular complexity index is 630. The van der Waals surface area contributed by atoms with E-state index in [2.05, 4.69) is 11.1 Å². The Morgan fingerprint density at radius 2 is 2.30 bits per heavy atom. The molecule has 0 aliphatic rings. The second kappa shape index (κ2) is 6.31. The predicted octanol–water partition coefficient (Wildman–Crippen LogP) is 3.04. The van der Waals surface area contributed by atoms with Crippen LogP contribution in [0.25, 0.3) is 0 Å². The molecule has 1 heterocycles. The van der Waals surface area contributed by atoms with Gasteiger partial charge in [0.2, 0.25) is 0 Å². The summed E-state index contributed by atoms with van der Waals surface area (Å²) in [5.41, 5.74) is 1.10. The topological polar surface area (TPSA) is 50.8 Å². The third-order valence-electron chi connectivity index (χ3n) is 3.06. The standard InChI is InChI=1S/C15H16FN3O/c1-3-20-11(2)15-18-6-7-19(15)10-13-8-14(16)5-4-12(13)9-17/h4-8,11H,3,10H2,1-2H3/t11-/m0/s1. The number of benzene rings is 1. The van der Waals surface area contributed by atoms with E-state index >= 15 is 0 Å². The van der Waals surface area contributed by atoms with Gasteiger partial charge in [-0.3, -0.25) is 0 Å². The molecule has 4 nitrogen and oxygen atoms in total. The molecule has 5 heteroatoms. The van der Waals surface area contributed by atoms with Gasteiger partial charge in [0.15, 0.2) is 0 Å². The van der Waals surface area contributed by atoms with Gasteiger partial charge in [-0.05, 0) is 37.6 Å². The first-order valence-electron chi connectivity index (χ1n) is 6.46. The summed E-state index contributed by atoms with van der Waals surface area (Å²) < 4.78 is 20.7. The third kappa shape index (κ3) is 3.03. The number of rotatable bonds is 5. The van der Waals surface area contributed by atoms with E-state index in [1.165, 1.54) is 18.2 Å². The first-order chi connectivity index (χ1) is 9.65. The van der Waals surface area contributed by atoms with Gasteiger partial charge < -0.3 is 9.30 Å². The van der Waals surface area contributed by atoms with Crippen LogP contribution in [-0.2, 0) is 11.3 Å². The molecule has 0 aliphatic carbocycles. The van der Waals surface area contributed by atoms with Crippen LogP contribution in [0, 0.1) is 17.1 Å². The number of aromatic nitrogens is 2. The fraction of sp³-hybridized carbons (Fsp3) is 0.333. The van der Waals surface area contributed by atoms with Gasteiger partial charge in [-0.2, -0.15) is 5.26 Å². The molecule has 0 bridgehead atoms. The molecule has 2 rings (SSSR count). The molecule has 0 radical (unpaired) electrons. The largest absolute Gasteiger partial charge is 0.371 e. The van der Waals surface area contributed by atoms with Crippen LogP contribution in [0.5, 0.6) is 0 Å². The lowest BCUT2D eigenvalue weighted by Crippen LogP contribution is -2.11. The van der Waals surface area contributed by atoms with E-state index < -0.39 is 0 Å². The zero-order valence-corrected chi connectivity index (χ0v) is 11.5. The van der Waals surface area contributed by atoms with Crippen molar-refractivity contribution in [1.82, 2.24) is 9.55 Å². The lowest BCUT2D eigenvalue weighted by Gasteiger charge is -2.14. The maximum absolute atomic E-state index is 13.3. The van der Waals surface area contributed by atoms with E-state index in [0.29, 0.717) is 24.3 Å². The molecule has 2 aromatic rings. The van der Waals surface area contributed by atoms with E-state index in [4.69, 9.17) is 10.00 Å². The molecular weight excluding hydrogens is 257 g/mol. The highest BCUT2D eigenvalue weighted by atomic mass is 19.1. The summed E-state index contributed by atoms with van der Waals surface area (Å²) in [6.07, 6.45) is 3.33. The summed E-state index contributed by atoms with van der Waals surface area (Å²) in [4.78, 5) is 4.27. The average Bonchev–Trinajstić information content (AvgIpc) is 2.87. The fourth-order valence-electron chi connectivity index (χ4n) is 2.12. The van der Waals surface area contributed by atoms with E-state index in [-0.39, 0.29) is 11.9 Å². The number of nitriles is 1. The minimum atomic E-state index is -0.349. The van der Waals surface area contributed by atoms with Crippen LogP contribution in [0.2, 0.25) is 0 Å². The second-order valence-electron chi connectivity index (χ2n) is 4.42. The number of hydrogen-bond acceptors (Lipinski definition) is 3. The van der Waals surface area contributed by atoms with Gasteiger partial charge in [0.05, 0.1) is 18.2 Å². The van der Waals surface area contributed by atoms with Gasteiger partial charge in [-0.1, -0.05) is 0 Å². The Balaban J connectivity index is 2.29. The van der Waals surface area contributed by atoms with Gasteiger partial charge in [0.25, 0.3) is 0 Å². The zero-order chi connectivity index (χ0) is 14.5. The summed E-state index contributed by atoms with van der Waals surface area (Å²) in [6.45, 7) is 4.83. The lowest BCUT2D eigenvalue weighted by atomic mass is 10.1. The molecule has 1 aromatic carbocycles. The molecule has 0 saturated heterocycles. The molecule has 0 unspecified atom stereocenters. The van der Waals surface area contributed by atoms with Gasteiger partial charge in [-0.25, -0.2) is 9.37 Å². The van der Waals surface area contributed by atoms with Crippen molar-refractivity contribution in [2.24, 2.45) is 0 Å². The highest BCUT2D eigenvalue weighted by Crippen LogP contribution is 2.18. The monoisotopic (exact) mass is 273 g/mol. The summed E-state index contributed by atoms with van der Waals surface area (Å²) in [5, 5.41) is 9.08. The van der Waals surface area contributed by atoms with Crippen molar-refractivity contribution >= 4 is 0 Å². The van der Waals surface area contributed by atoms with E-state index in [9.17, 15) is 4.39 Å². The maximum atomic E-state index is 13.3. The Morgan fingerprint density at radius 1 is 1.50 bits per heavy atom. The predicted molar refractivity (Wildman–Crippen MR) is 72.5 cm³/mol. The van der Waals surface area contributed by atoms with E-state index in [1.807, 2.05) is 18.4 Å². The number of nitrogens with zero attached hydrogens (tertiary/aromatic N) is 3. The number of halogens is 1. The Kier molecular flexibility index (Phi) is 4.49. The van der Waals surface area contributed by atoms with Crippen molar-refractivity contribution in [1.29, 1.82) is 5.26 Å². The number of ether oxygens (including phenoxy) is 1. The minimum absolute atomic E-state index is 0.144. The SMILES string of the molecule is CCO[C@@H](C)c1nccn1Cc1cc(F)ccc1C#N. The van der Waals surface area contributed by atoms with Crippen molar-refractivity contribution in [3.8, 4) is 6.07 Å². The van der Waals surface area contributed by atoms with Crippen LogP contribution in [0.3, 0.4) is 0 Å². The van der Waals surface area contributed by atoms with Gasteiger partial charge in [0.1, 0.15) is 17.7 Å². The first kappa shape index (κ1) is 14.2. The second-order valence-corrected chi connectivity index (χ2v) is 4.42. The lowest BCUT2D eigenvalue weighted by molar-refractivity contribution is 0.0677. The molecule has 104 valence electrons. The summed E-state index contributed by atoms with van der Waals surface area (Å²) >= 11 is 0. The Morgan fingerprint density at radius 3 is 3.00 bits per heavy atom. The van der Waals surface area contributed by atoms with Gasteiger partial charge in [-0.15, -0.1) is 0 Å². The van der Waals surface area contributed by atoms with E-state index in [1.54, 1.807) is 12.4 Å². The minimum Gasteiger partial charge on any atom is -0.371 e. The van der Waals surface area contributed by atoms with Crippen LogP contribution in [0.15, 0.2) is 30.6 Å². The molecule has 0 spiro atoms. The molecule has 0 amide bonds. The highest BCUT2D eigenvalue weighted by molar-refractivity contribution is 5.38. The maximum Gasteiger partial charge on any atom is 0.137 e. The van der Waals surface area contributed by atoms with E-state index in [0.717, 1.165) is 5.82 Å².